The number of ether oxygens (including phenoxy) is 1. The van der Waals surface area contributed by atoms with Crippen LogP contribution in [0.3, 0.4) is 0 Å². The average molecular weight is 322 g/mol. The molecule has 1 atom stereocenters. The van der Waals surface area contributed by atoms with E-state index in [0.29, 0.717) is 11.1 Å². The molecule has 2 aromatic carbocycles. The highest BCUT2D eigenvalue weighted by molar-refractivity contribution is 6.32. The Morgan fingerprint density at radius 2 is 1.91 bits per heavy atom. The number of nitro groups is 1. The highest BCUT2D eigenvalue weighted by Gasteiger charge is 2.21. The summed E-state index contributed by atoms with van der Waals surface area (Å²) in [4.78, 5) is 21.1. The van der Waals surface area contributed by atoms with Crippen LogP contribution < -0.4 is 0 Å². The van der Waals surface area contributed by atoms with Crippen molar-refractivity contribution in [3.05, 3.63) is 74.8 Å². The van der Waals surface area contributed by atoms with Crippen LogP contribution in [0.2, 0.25) is 5.02 Å². The predicted octanol–water partition coefficient (Wildman–Crippen LogP) is 3.44. The summed E-state index contributed by atoms with van der Waals surface area (Å²) in [5, 5.41) is 19.8. The lowest BCUT2D eigenvalue weighted by Gasteiger charge is -2.18. The second-order valence-electron chi connectivity index (χ2n) is 4.46. The first-order valence-corrected chi connectivity index (χ1v) is 6.69. The molecule has 1 N–H and O–H groups in total. The minimum atomic E-state index is -1.12. The van der Waals surface area contributed by atoms with Crippen LogP contribution >= 0.6 is 11.6 Å². The van der Waals surface area contributed by atoms with Gasteiger partial charge in [0.05, 0.1) is 4.92 Å². The van der Waals surface area contributed by atoms with Gasteiger partial charge in [0.15, 0.2) is 0 Å². The summed E-state index contributed by atoms with van der Waals surface area (Å²) in [5.74, 6) is -1.12. The van der Waals surface area contributed by atoms with Gasteiger partial charge in [-0.2, -0.15) is 0 Å². The third-order valence-corrected chi connectivity index (χ3v) is 3.27. The zero-order chi connectivity index (χ0) is 16.1. The van der Waals surface area contributed by atoms with Crippen molar-refractivity contribution in [1.82, 2.24) is 0 Å². The van der Waals surface area contributed by atoms with Gasteiger partial charge >= 0.3 is 5.97 Å². The standard InChI is InChI=1S/C15H12ClNO5/c16-12-7-6-11(8-13(12)17(20)21)15(22-9-14(18)19)10-4-2-1-3-5-10/h1-8,15H,9H2,(H,18,19). The van der Waals surface area contributed by atoms with Crippen molar-refractivity contribution in [2.45, 2.75) is 6.10 Å². The Kier molecular flexibility index (Phi) is 5.08. The Bertz CT molecular complexity index is 690. The first-order valence-electron chi connectivity index (χ1n) is 6.31. The van der Waals surface area contributed by atoms with Crippen LogP contribution in [0.15, 0.2) is 48.5 Å². The molecule has 0 aliphatic carbocycles. The Morgan fingerprint density at radius 3 is 2.50 bits per heavy atom. The molecule has 2 aromatic rings. The van der Waals surface area contributed by atoms with Gasteiger partial charge in [-0.3, -0.25) is 10.1 Å². The topological polar surface area (TPSA) is 89.7 Å². The van der Waals surface area contributed by atoms with Crippen molar-refractivity contribution in [3.63, 3.8) is 0 Å². The van der Waals surface area contributed by atoms with Gasteiger partial charge in [-0.15, -0.1) is 0 Å². The van der Waals surface area contributed by atoms with Gasteiger partial charge in [-0.25, -0.2) is 4.79 Å². The van der Waals surface area contributed by atoms with Crippen molar-refractivity contribution in [2.75, 3.05) is 6.61 Å². The van der Waals surface area contributed by atoms with E-state index in [-0.39, 0.29) is 10.7 Å². The second kappa shape index (κ2) is 7.02. The maximum absolute atomic E-state index is 11.0. The molecule has 0 saturated heterocycles. The van der Waals surface area contributed by atoms with Gasteiger partial charge in [0.2, 0.25) is 0 Å². The zero-order valence-electron chi connectivity index (χ0n) is 11.3. The number of halogens is 1. The number of rotatable bonds is 6. The van der Waals surface area contributed by atoms with E-state index < -0.39 is 23.6 Å². The number of aliphatic carboxylic acids is 1. The summed E-state index contributed by atoms with van der Waals surface area (Å²) in [6.45, 7) is -0.518. The summed E-state index contributed by atoms with van der Waals surface area (Å²) in [6, 6.07) is 13.1. The fourth-order valence-corrected chi connectivity index (χ4v) is 2.19. The fourth-order valence-electron chi connectivity index (χ4n) is 2.00. The molecule has 0 radical (unpaired) electrons. The molecular formula is C15H12ClNO5. The van der Waals surface area contributed by atoms with E-state index in [1.165, 1.54) is 12.1 Å². The van der Waals surface area contributed by atoms with Crippen LogP contribution in [0.1, 0.15) is 17.2 Å². The van der Waals surface area contributed by atoms with E-state index in [2.05, 4.69) is 0 Å². The lowest BCUT2D eigenvalue weighted by atomic mass is 10.0. The molecule has 0 fully saturated rings. The SMILES string of the molecule is O=C(O)COC(c1ccccc1)c1ccc(Cl)c([N+](=O)[O-])c1. The molecule has 22 heavy (non-hydrogen) atoms. The van der Waals surface area contributed by atoms with Crippen LogP contribution in [0.25, 0.3) is 0 Å². The minimum Gasteiger partial charge on any atom is -0.480 e. The lowest BCUT2D eigenvalue weighted by Crippen LogP contribution is -2.13. The van der Waals surface area contributed by atoms with Crippen LogP contribution in [-0.4, -0.2) is 22.6 Å². The smallest absolute Gasteiger partial charge is 0.329 e. The summed E-state index contributed by atoms with van der Waals surface area (Å²) < 4.78 is 5.39. The van der Waals surface area contributed by atoms with Gasteiger partial charge < -0.3 is 9.84 Å². The van der Waals surface area contributed by atoms with Crippen molar-refractivity contribution in [3.8, 4) is 0 Å². The fraction of sp³-hybridized carbons (Fsp3) is 0.133. The highest BCUT2D eigenvalue weighted by Crippen LogP contribution is 2.32. The summed E-state index contributed by atoms with van der Waals surface area (Å²) >= 11 is 5.79. The maximum Gasteiger partial charge on any atom is 0.329 e. The molecule has 0 aliphatic rings. The molecule has 6 nitrogen and oxygen atoms in total. The number of carboxylic acid groups (broad SMARTS) is 1. The molecule has 114 valence electrons. The summed E-state index contributed by atoms with van der Waals surface area (Å²) in [7, 11) is 0. The summed E-state index contributed by atoms with van der Waals surface area (Å²) in [5.41, 5.74) is 0.906. The molecule has 0 aromatic heterocycles. The number of carbonyl (C=O) groups is 1. The second-order valence-corrected chi connectivity index (χ2v) is 4.87. The molecule has 0 spiro atoms. The van der Waals surface area contributed by atoms with Crippen molar-refractivity contribution < 1.29 is 19.6 Å². The molecule has 2 rings (SSSR count). The molecule has 0 aliphatic heterocycles. The van der Waals surface area contributed by atoms with E-state index in [9.17, 15) is 14.9 Å². The minimum absolute atomic E-state index is 0.0128. The van der Waals surface area contributed by atoms with Crippen LogP contribution in [-0.2, 0) is 9.53 Å². The Labute approximate surface area is 131 Å². The quantitative estimate of drug-likeness (QED) is 0.650. The van der Waals surface area contributed by atoms with Gasteiger partial charge in [0, 0.05) is 6.07 Å². The number of carboxylic acids is 1. The molecule has 0 saturated carbocycles. The molecule has 1 unspecified atom stereocenters. The zero-order valence-corrected chi connectivity index (χ0v) is 12.1. The van der Waals surface area contributed by atoms with Gasteiger partial charge in [-0.05, 0) is 17.2 Å². The number of nitrogens with zero attached hydrogens (tertiary/aromatic N) is 1. The Hall–Kier alpha value is -2.44. The summed E-state index contributed by atoms with van der Waals surface area (Å²) in [6.07, 6.45) is -0.728. The first kappa shape index (κ1) is 15.9. The monoisotopic (exact) mass is 321 g/mol. The van der Waals surface area contributed by atoms with Crippen LogP contribution in [0.5, 0.6) is 0 Å². The van der Waals surface area contributed by atoms with Crippen molar-refractivity contribution in [2.24, 2.45) is 0 Å². The average Bonchev–Trinajstić information content (AvgIpc) is 2.49. The number of nitro benzene ring substituents is 1. The molecule has 0 bridgehead atoms. The third kappa shape index (κ3) is 3.81. The van der Waals surface area contributed by atoms with E-state index >= 15 is 0 Å². The molecule has 0 amide bonds. The number of hydrogen-bond acceptors (Lipinski definition) is 4. The highest BCUT2D eigenvalue weighted by atomic mass is 35.5. The predicted molar refractivity (Wildman–Crippen MR) is 80.0 cm³/mol. The van der Waals surface area contributed by atoms with Gasteiger partial charge in [0.1, 0.15) is 17.7 Å². The van der Waals surface area contributed by atoms with Gasteiger partial charge in [-0.1, -0.05) is 48.0 Å². The largest absolute Gasteiger partial charge is 0.480 e. The molecule has 0 heterocycles. The Balaban J connectivity index is 2.42. The molecule has 7 heteroatoms. The number of benzene rings is 2. The third-order valence-electron chi connectivity index (χ3n) is 2.95. The van der Waals surface area contributed by atoms with E-state index in [0.717, 1.165) is 0 Å². The normalized spacial score (nSPS) is 11.9. The van der Waals surface area contributed by atoms with Crippen LogP contribution in [0.4, 0.5) is 5.69 Å². The van der Waals surface area contributed by atoms with Gasteiger partial charge in [0.25, 0.3) is 5.69 Å². The number of hydrogen-bond donors (Lipinski definition) is 1. The van der Waals surface area contributed by atoms with Crippen molar-refractivity contribution >= 4 is 23.3 Å². The maximum atomic E-state index is 11.0. The molecular weight excluding hydrogens is 310 g/mol. The van der Waals surface area contributed by atoms with E-state index in [1.54, 1.807) is 30.3 Å². The Morgan fingerprint density at radius 1 is 1.23 bits per heavy atom. The lowest BCUT2D eigenvalue weighted by molar-refractivity contribution is -0.384. The van der Waals surface area contributed by atoms with E-state index in [4.69, 9.17) is 21.4 Å². The van der Waals surface area contributed by atoms with Crippen LogP contribution in [0, 0.1) is 10.1 Å². The van der Waals surface area contributed by atoms with E-state index in [1.807, 2.05) is 6.07 Å². The van der Waals surface area contributed by atoms with Crippen molar-refractivity contribution in [1.29, 1.82) is 0 Å². The first-order chi connectivity index (χ1) is 10.5.